The lowest BCUT2D eigenvalue weighted by Crippen LogP contribution is -2.57. The van der Waals surface area contributed by atoms with E-state index < -0.39 is 16.6 Å². The van der Waals surface area contributed by atoms with Crippen LogP contribution in [0.3, 0.4) is 0 Å². The van der Waals surface area contributed by atoms with E-state index in [1.165, 1.54) is 11.1 Å². The van der Waals surface area contributed by atoms with Crippen molar-refractivity contribution >= 4 is 38.9 Å². The number of carbonyl (C=O) groups excluding carboxylic acids is 2. The number of ether oxygens (including phenoxy) is 2. The van der Waals surface area contributed by atoms with Crippen LogP contribution in [0.4, 0.5) is 0 Å². The Labute approximate surface area is 258 Å². The third-order valence-electron chi connectivity index (χ3n) is 7.66. The minimum atomic E-state index is -2.33. The number of esters is 2. The first-order chi connectivity index (χ1) is 20.2. The molecule has 0 spiro atoms. The van der Waals surface area contributed by atoms with E-state index in [-0.39, 0.29) is 11.9 Å². The molecule has 0 aliphatic heterocycles. The number of benzene rings is 4. The molecule has 224 valence electrons. The average Bonchev–Trinajstić information content (AvgIpc) is 2.97. The van der Waals surface area contributed by atoms with Crippen molar-refractivity contribution in [2.45, 2.75) is 65.7 Å². The van der Waals surface area contributed by atoms with Crippen molar-refractivity contribution in [1.29, 1.82) is 0 Å². The molecular formula is C36H42O5Si2. The highest BCUT2D eigenvalue weighted by molar-refractivity contribution is 6.96. The summed E-state index contributed by atoms with van der Waals surface area (Å²) in [6.07, 6.45) is 0. The van der Waals surface area contributed by atoms with Crippen LogP contribution in [0.25, 0.3) is 0 Å². The fraction of sp³-hybridized carbons (Fsp3) is 0.278. The van der Waals surface area contributed by atoms with Gasteiger partial charge in [-0.15, -0.1) is 0 Å². The Morgan fingerprint density at radius 1 is 0.488 bits per heavy atom. The van der Waals surface area contributed by atoms with Crippen molar-refractivity contribution in [1.82, 2.24) is 0 Å². The van der Waals surface area contributed by atoms with Crippen molar-refractivity contribution in [2.24, 2.45) is 0 Å². The van der Waals surface area contributed by atoms with Crippen LogP contribution in [0.1, 0.15) is 71.4 Å². The fourth-order valence-electron chi connectivity index (χ4n) is 4.94. The summed E-state index contributed by atoms with van der Waals surface area (Å²) >= 11 is 0. The quantitative estimate of drug-likeness (QED) is 0.104. The first-order valence-corrected chi connectivity index (χ1v) is 20.6. The van der Waals surface area contributed by atoms with E-state index in [2.05, 4.69) is 53.9 Å². The lowest BCUT2D eigenvalue weighted by atomic mass is 10.0. The Morgan fingerprint density at radius 3 is 1.07 bits per heavy atom. The molecule has 4 aromatic rings. The number of hydrogen-bond donors (Lipinski definition) is 0. The zero-order valence-electron chi connectivity index (χ0n) is 26.4. The maximum atomic E-state index is 12.8. The van der Waals surface area contributed by atoms with Crippen LogP contribution in [0.5, 0.6) is 11.5 Å². The van der Waals surface area contributed by atoms with Gasteiger partial charge < -0.3 is 13.6 Å². The van der Waals surface area contributed by atoms with E-state index in [0.717, 1.165) is 10.4 Å². The first kappa shape index (κ1) is 32.1. The van der Waals surface area contributed by atoms with E-state index in [0.29, 0.717) is 34.5 Å². The maximum Gasteiger partial charge on any atom is 0.343 e. The molecule has 43 heavy (non-hydrogen) atoms. The molecule has 4 rings (SSSR count). The Balaban J connectivity index is 1.38. The second-order valence-electron chi connectivity index (χ2n) is 12.5. The molecule has 0 atom stereocenters. The van der Waals surface area contributed by atoms with Gasteiger partial charge in [0, 0.05) is 0 Å². The highest BCUT2D eigenvalue weighted by Gasteiger charge is 2.36. The Hall–Kier alpha value is -3.79. The van der Waals surface area contributed by atoms with E-state index >= 15 is 0 Å². The highest BCUT2D eigenvalue weighted by atomic mass is 28.4. The Bertz CT molecular complexity index is 1420. The van der Waals surface area contributed by atoms with Crippen LogP contribution >= 0.6 is 0 Å². The normalized spacial score (nSPS) is 12.0. The molecule has 0 radical (unpaired) electrons. The van der Waals surface area contributed by atoms with Gasteiger partial charge in [-0.05, 0) is 108 Å². The SMILES string of the molecule is CC(C)c1ccc(OC(=O)c2ccc([Si](C)(C)O[Si](C)(C)c3ccc(C(=O)Oc4ccc(C(C)C)cc4)cc3)cc2)cc1. The van der Waals surface area contributed by atoms with Gasteiger partial charge >= 0.3 is 11.9 Å². The monoisotopic (exact) mass is 610 g/mol. The molecule has 0 bridgehead atoms. The van der Waals surface area contributed by atoms with Crippen molar-refractivity contribution in [3.8, 4) is 11.5 Å². The molecular weight excluding hydrogens is 569 g/mol. The zero-order chi connectivity index (χ0) is 31.4. The molecule has 0 heterocycles. The molecule has 0 aromatic heterocycles. The minimum absolute atomic E-state index is 0.384. The van der Waals surface area contributed by atoms with Crippen molar-refractivity contribution in [2.75, 3.05) is 0 Å². The van der Waals surface area contributed by atoms with Gasteiger partial charge in [-0.1, -0.05) is 76.2 Å². The Kier molecular flexibility index (Phi) is 9.90. The summed E-state index contributed by atoms with van der Waals surface area (Å²) in [5.41, 5.74) is 3.39. The standard InChI is InChI=1S/C36H42O5Si2/c1-25(2)27-9-17-31(18-10-27)39-35(37)29-13-21-33(22-14-29)42(5,6)41-43(7,8)34-23-15-30(16-24-34)36(38)40-32-19-11-28(12-20-32)26(3)4/h9-26H,1-8H3. The average molecular weight is 611 g/mol. The van der Waals surface area contributed by atoms with Crippen molar-refractivity contribution < 1.29 is 23.2 Å². The molecule has 0 amide bonds. The summed E-state index contributed by atoms with van der Waals surface area (Å²) in [4.78, 5) is 25.5. The van der Waals surface area contributed by atoms with Gasteiger partial charge in [-0.3, -0.25) is 0 Å². The molecule has 0 N–H and O–H groups in total. The molecule has 0 unspecified atom stereocenters. The summed E-state index contributed by atoms with van der Waals surface area (Å²) < 4.78 is 18.1. The smallest absolute Gasteiger partial charge is 0.343 e. The summed E-state index contributed by atoms with van der Waals surface area (Å²) in [7, 11) is -4.66. The highest BCUT2D eigenvalue weighted by Crippen LogP contribution is 2.22. The number of hydrogen-bond acceptors (Lipinski definition) is 5. The number of rotatable bonds is 10. The predicted molar refractivity (Wildman–Crippen MR) is 179 cm³/mol. The van der Waals surface area contributed by atoms with Gasteiger partial charge in [0.2, 0.25) is 16.6 Å². The summed E-state index contributed by atoms with van der Waals surface area (Å²) in [5.74, 6) is 1.13. The van der Waals surface area contributed by atoms with Gasteiger partial charge in [-0.25, -0.2) is 9.59 Å². The molecule has 7 heteroatoms. The van der Waals surface area contributed by atoms with Gasteiger partial charge in [0.1, 0.15) is 11.5 Å². The first-order valence-electron chi connectivity index (χ1n) is 14.8. The third-order valence-corrected chi connectivity index (χ3v) is 15.2. The van der Waals surface area contributed by atoms with Gasteiger partial charge in [-0.2, -0.15) is 0 Å². The van der Waals surface area contributed by atoms with Crippen LogP contribution in [0.15, 0.2) is 97.1 Å². The second kappa shape index (κ2) is 13.2. The van der Waals surface area contributed by atoms with E-state index in [1.807, 2.05) is 97.1 Å². The second-order valence-corrected chi connectivity index (χ2v) is 20.5. The van der Waals surface area contributed by atoms with Crippen LogP contribution in [0.2, 0.25) is 26.2 Å². The molecule has 0 fully saturated rings. The van der Waals surface area contributed by atoms with E-state index in [9.17, 15) is 9.59 Å². The van der Waals surface area contributed by atoms with Gasteiger partial charge in [0.15, 0.2) is 0 Å². The van der Waals surface area contributed by atoms with Crippen LogP contribution in [0, 0.1) is 0 Å². The summed E-state index contributed by atoms with van der Waals surface area (Å²) in [6.45, 7) is 17.2. The molecule has 0 aliphatic carbocycles. The van der Waals surface area contributed by atoms with Crippen LogP contribution in [-0.4, -0.2) is 28.6 Å². The predicted octanol–water partition coefficient (Wildman–Crippen LogP) is 7.91. The largest absolute Gasteiger partial charge is 0.449 e. The van der Waals surface area contributed by atoms with E-state index in [4.69, 9.17) is 13.6 Å². The molecule has 0 saturated heterocycles. The lowest BCUT2D eigenvalue weighted by molar-refractivity contribution is 0.0725. The Morgan fingerprint density at radius 2 is 0.791 bits per heavy atom. The summed E-state index contributed by atoms with van der Waals surface area (Å²) in [6, 6.07) is 30.4. The third kappa shape index (κ3) is 8.19. The molecule has 0 aliphatic rings. The lowest BCUT2D eigenvalue weighted by Gasteiger charge is -2.34. The molecule has 4 aromatic carbocycles. The summed E-state index contributed by atoms with van der Waals surface area (Å²) in [5, 5.41) is 2.18. The van der Waals surface area contributed by atoms with Gasteiger partial charge in [0.25, 0.3) is 0 Å². The topological polar surface area (TPSA) is 61.8 Å². The minimum Gasteiger partial charge on any atom is -0.449 e. The van der Waals surface area contributed by atoms with Crippen LogP contribution < -0.4 is 19.8 Å². The van der Waals surface area contributed by atoms with Crippen molar-refractivity contribution in [3.63, 3.8) is 0 Å². The molecule has 0 saturated carbocycles. The van der Waals surface area contributed by atoms with Crippen molar-refractivity contribution in [3.05, 3.63) is 119 Å². The maximum absolute atomic E-state index is 12.8. The number of carbonyl (C=O) groups is 2. The van der Waals surface area contributed by atoms with E-state index in [1.54, 1.807) is 0 Å². The van der Waals surface area contributed by atoms with Crippen LogP contribution in [-0.2, 0) is 4.12 Å². The molecule has 5 nitrogen and oxygen atoms in total. The van der Waals surface area contributed by atoms with Gasteiger partial charge in [0.05, 0.1) is 11.1 Å². The fourth-order valence-corrected chi connectivity index (χ4v) is 12.9. The zero-order valence-corrected chi connectivity index (χ0v) is 28.4.